The van der Waals surface area contributed by atoms with Crippen LogP contribution in [0.15, 0.2) is 66.9 Å². The van der Waals surface area contributed by atoms with E-state index in [2.05, 4.69) is 10.3 Å². The summed E-state index contributed by atoms with van der Waals surface area (Å²) in [4.78, 5) is 31.1. The van der Waals surface area contributed by atoms with Gasteiger partial charge in [0, 0.05) is 24.2 Å². The molecule has 0 saturated heterocycles. The maximum Gasteiger partial charge on any atom is 0.313 e. The summed E-state index contributed by atoms with van der Waals surface area (Å²) in [5, 5.41) is 3.62. The van der Waals surface area contributed by atoms with Crippen molar-refractivity contribution >= 4 is 28.4 Å². The minimum Gasteiger partial charge on any atom is -0.328 e. The Balaban J connectivity index is 1.79. The first kappa shape index (κ1) is 17.6. The molecule has 3 aromatic rings. The van der Waals surface area contributed by atoms with E-state index in [0.29, 0.717) is 17.7 Å². The van der Waals surface area contributed by atoms with E-state index in [-0.39, 0.29) is 6.04 Å². The lowest BCUT2D eigenvalue weighted by atomic mass is 10.1. The number of pyridine rings is 1. The second-order valence-corrected chi connectivity index (χ2v) is 6.35. The van der Waals surface area contributed by atoms with Crippen LogP contribution in [0, 0.1) is 0 Å². The average Bonchev–Trinajstić information content (AvgIpc) is 2.66. The Hall–Kier alpha value is -3.21. The second kappa shape index (κ2) is 7.78. The molecular formula is C21H21N3O2. The molecule has 132 valence electrons. The van der Waals surface area contributed by atoms with Gasteiger partial charge in [-0.3, -0.25) is 14.6 Å². The number of rotatable bonds is 4. The molecule has 5 nitrogen and oxygen atoms in total. The molecule has 5 heteroatoms. The molecule has 0 aliphatic rings. The Labute approximate surface area is 152 Å². The van der Waals surface area contributed by atoms with E-state index in [0.717, 1.165) is 10.9 Å². The lowest BCUT2D eigenvalue weighted by molar-refractivity contribution is -0.144. The molecule has 26 heavy (non-hydrogen) atoms. The number of hydrogen-bond donors (Lipinski definition) is 1. The molecule has 3 rings (SSSR count). The van der Waals surface area contributed by atoms with E-state index in [9.17, 15) is 9.59 Å². The van der Waals surface area contributed by atoms with Crippen LogP contribution >= 0.6 is 0 Å². The van der Waals surface area contributed by atoms with Crippen LogP contribution in [0.2, 0.25) is 0 Å². The predicted molar refractivity (Wildman–Crippen MR) is 103 cm³/mol. The monoisotopic (exact) mass is 347 g/mol. The zero-order chi connectivity index (χ0) is 18.5. The second-order valence-electron chi connectivity index (χ2n) is 6.35. The Morgan fingerprint density at radius 1 is 1.00 bits per heavy atom. The summed E-state index contributed by atoms with van der Waals surface area (Å²) in [6.45, 7) is 4.18. The van der Waals surface area contributed by atoms with Crippen molar-refractivity contribution in [3.05, 3.63) is 72.4 Å². The van der Waals surface area contributed by atoms with Crippen LogP contribution in [-0.4, -0.2) is 27.7 Å². The number of carbonyl (C=O) groups is 2. The van der Waals surface area contributed by atoms with E-state index in [4.69, 9.17) is 0 Å². The van der Waals surface area contributed by atoms with Gasteiger partial charge in [0.2, 0.25) is 0 Å². The number of nitrogens with zero attached hydrogens (tertiary/aromatic N) is 2. The van der Waals surface area contributed by atoms with Gasteiger partial charge in [-0.15, -0.1) is 0 Å². The standard InChI is InChI=1S/C21H21N3O2/c1-15(2)24(14-16-8-4-3-5-9-16)21(26)20(25)23-18-12-6-10-17-11-7-13-22-19(17)18/h3-13,15H,14H2,1-2H3,(H,23,25). The van der Waals surface area contributed by atoms with Crippen LogP contribution in [0.5, 0.6) is 0 Å². The molecule has 0 bridgehead atoms. The lowest BCUT2D eigenvalue weighted by Gasteiger charge is -2.26. The van der Waals surface area contributed by atoms with Gasteiger partial charge in [-0.2, -0.15) is 0 Å². The molecule has 2 amide bonds. The van der Waals surface area contributed by atoms with Gasteiger partial charge in [0.25, 0.3) is 0 Å². The van der Waals surface area contributed by atoms with E-state index in [1.165, 1.54) is 0 Å². The van der Waals surface area contributed by atoms with Crippen LogP contribution < -0.4 is 5.32 Å². The van der Waals surface area contributed by atoms with Crippen molar-refractivity contribution in [2.75, 3.05) is 5.32 Å². The molecule has 0 fully saturated rings. The average molecular weight is 347 g/mol. The summed E-state index contributed by atoms with van der Waals surface area (Å²) in [6, 6.07) is 18.8. The van der Waals surface area contributed by atoms with E-state index in [1.54, 1.807) is 17.2 Å². The zero-order valence-electron chi connectivity index (χ0n) is 14.8. The summed E-state index contributed by atoms with van der Waals surface area (Å²) in [6.07, 6.45) is 1.66. The van der Waals surface area contributed by atoms with Gasteiger partial charge in [0.1, 0.15) is 0 Å². The van der Waals surface area contributed by atoms with Gasteiger partial charge in [-0.1, -0.05) is 48.5 Å². The first-order valence-corrected chi connectivity index (χ1v) is 8.56. The number of anilines is 1. The van der Waals surface area contributed by atoms with Crippen molar-refractivity contribution in [3.8, 4) is 0 Å². The summed E-state index contributed by atoms with van der Waals surface area (Å²) < 4.78 is 0. The Bertz CT molecular complexity index is 917. The van der Waals surface area contributed by atoms with Crippen LogP contribution in [0.4, 0.5) is 5.69 Å². The minimum atomic E-state index is -0.659. The maximum atomic E-state index is 12.7. The SMILES string of the molecule is CC(C)N(Cc1ccccc1)C(=O)C(=O)Nc1cccc2cccnc12. The van der Waals surface area contributed by atoms with Crippen LogP contribution in [-0.2, 0) is 16.1 Å². The summed E-state index contributed by atoms with van der Waals surface area (Å²) in [5.41, 5.74) is 2.18. The molecule has 1 heterocycles. The zero-order valence-corrected chi connectivity index (χ0v) is 14.8. The van der Waals surface area contributed by atoms with Gasteiger partial charge in [0.15, 0.2) is 0 Å². The molecule has 0 aliphatic heterocycles. The quantitative estimate of drug-likeness (QED) is 0.733. The van der Waals surface area contributed by atoms with Crippen molar-refractivity contribution in [1.29, 1.82) is 0 Å². The fraction of sp³-hybridized carbons (Fsp3) is 0.190. The molecule has 0 saturated carbocycles. The smallest absolute Gasteiger partial charge is 0.313 e. The van der Waals surface area contributed by atoms with E-state index in [1.807, 2.05) is 68.4 Å². The van der Waals surface area contributed by atoms with Gasteiger partial charge in [-0.05, 0) is 31.5 Å². The molecule has 1 N–H and O–H groups in total. The maximum absolute atomic E-state index is 12.7. The number of fused-ring (bicyclic) bond motifs is 1. The first-order chi connectivity index (χ1) is 12.6. The molecule has 0 radical (unpaired) electrons. The number of nitrogens with one attached hydrogen (secondary N) is 1. The number of carbonyl (C=O) groups excluding carboxylic acids is 2. The lowest BCUT2D eigenvalue weighted by Crippen LogP contribution is -2.43. The topological polar surface area (TPSA) is 62.3 Å². The summed E-state index contributed by atoms with van der Waals surface area (Å²) in [7, 11) is 0. The fourth-order valence-electron chi connectivity index (χ4n) is 2.78. The number of para-hydroxylation sites is 1. The largest absolute Gasteiger partial charge is 0.328 e. The summed E-state index contributed by atoms with van der Waals surface area (Å²) >= 11 is 0. The molecular weight excluding hydrogens is 326 g/mol. The normalized spacial score (nSPS) is 10.7. The van der Waals surface area contributed by atoms with Crippen molar-refractivity contribution in [3.63, 3.8) is 0 Å². The number of hydrogen-bond acceptors (Lipinski definition) is 3. The predicted octanol–water partition coefficient (Wildman–Crippen LogP) is 3.61. The van der Waals surface area contributed by atoms with Gasteiger partial charge in [-0.25, -0.2) is 0 Å². The van der Waals surface area contributed by atoms with Crippen molar-refractivity contribution in [2.45, 2.75) is 26.4 Å². The molecule has 0 aliphatic carbocycles. The van der Waals surface area contributed by atoms with Gasteiger partial charge in [0.05, 0.1) is 11.2 Å². The van der Waals surface area contributed by atoms with Crippen LogP contribution in [0.25, 0.3) is 10.9 Å². The third kappa shape index (κ3) is 3.88. The Morgan fingerprint density at radius 3 is 2.46 bits per heavy atom. The van der Waals surface area contributed by atoms with E-state index >= 15 is 0 Å². The first-order valence-electron chi connectivity index (χ1n) is 8.56. The van der Waals surface area contributed by atoms with Crippen LogP contribution in [0.3, 0.4) is 0 Å². The minimum absolute atomic E-state index is 0.0981. The molecule has 0 atom stereocenters. The number of aromatic nitrogens is 1. The van der Waals surface area contributed by atoms with Gasteiger partial charge >= 0.3 is 11.8 Å². The Kier molecular flexibility index (Phi) is 5.27. The molecule has 2 aromatic carbocycles. The van der Waals surface area contributed by atoms with Crippen molar-refractivity contribution in [1.82, 2.24) is 9.88 Å². The van der Waals surface area contributed by atoms with Gasteiger partial charge < -0.3 is 10.2 Å². The highest BCUT2D eigenvalue weighted by atomic mass is 16.2. The van der Waals surface area contributed by atoms with E-state index < -0.39 is 11.8 Å². The number of benzene rings is 2. The third-order valence-corrected chi connectivity index (χ3v) is 4.16. The fourth-order valence-corrected chi connectivity index (χ4v) is 2.78. The molecule has 0 spiro atoms. The van der Waals surface area contributed by atoms with Crippen molar-refractivity contribution in [2.24, 2.45) is 0 Å². The van der Waals surface area contributed by atoms with Crippen LogP contribution in [0.1, 0.15) is 19.4 Å². The summed E-state index contributed by atoms with van der Waals surface area (Å²) in [5.74, 6) is -1.22. The third-order valence-electron chi connectivity index (χ3n) is 4.16. The highest BCUT2D eigenvalue weighted by molar-refractivity contribution is 6.40. The van der Waals surface area contributed by atoms with Crippen molar-refractivity contribution < 1.29 is 9.59 Å². The molecule has 0 unspecified atom stereocenters. The number of amides is 2. The Morgan fingerprint density at radius 2 is 1.73 bits per heavy atom. The molecule has 1 aromatic heterocycles. The highest BCUT2D eigenvalue weighted by Gasteiger charge is 2.25. The highest BCUT2D eigenvalue weighted by Crippen LogP contribution is 2.21.